The van der Waals surface area contributed by atoms with E-state index in [1.807, 2.05) is 6.07 Å². The van der Waals surface area contributed by atoms with E-state index in [1.165, 1.54) is 72.0 Å². The van der Waals surface area contributed by atoms with Crippen molar-refractivity contribution >= 4 is 50.8 Å². The highest BCUT2D eigenvalue weighted by atomic mass is 15.0. The number of rotatable bonds is 5. The Hall–Kier alpha value is -6.13. The number of aliphatic imine (C=N–C) groups is 3. The third kappa shape index (κ3) is 5.70. The van der Waals surface area contributed by atoms with Gasteiger partial charge in [0.15, 0.2) is 5.84 Å². The number of benzene rings is 4. The summed E-state index contributed by atoms with van der Waals surface area (Å²) in [5.74, 6) is 2.05. The number of para-hydroxylation sites is 1. The number of allylic oxidation sites excluding steroid dienone is 12. The molecule has 5 aromatic rings. The van der Waals surface area contributed by atoms with E-state index < -0.39 is 0 Å². The van der Waals surface area contributed by atoms with Crippen LogP contribution in [0.2, 0.25) is 0 Å². The summed E-state index contributed by atoms with van der Waals surface area (Å²) in [5.41, 5.74) is 16.4. The van der Waals surface area contributed by atoms with Crippen molar-refractivity contribution in [1.29, 1.82) is 0 Å². The average Bonchev–Trinajstić information content (AvgIpc) is 3.80. The highest BCUT2D eigenvalue weighted by molar-refractivity contribution is 6.15. The van der Waals surface area contributed by atoms with Gasteiger partial charge in [-0.15, -0.1) is 0 Å². The van der Waals surface area contributed by atoms with E-state index in [4.69, 9.17) is 15.0 Å². The molecule has 0 spiro atoms. The van der Waals surface area contributed by atoms with E-state index in [-0.39, 0.29) is 17.9 Å². The van der Waals surface area contributed by atoms with Crippen molar-refractivity contribution in [1.82, 2.24) is 4.57 Å². The first-order chi connectivity index (χ1) is 27.8. The summed E-state index contributed by atoms with van der Waals surface area (Å²) in [7, 11) is 0. The van der Waals surface area contributed by atoms with Crippen LogP contribution in [0.25, 0.3) is 38.6 Å². The lowest BCUT2D eigenvalue weighted by Gasteiger charge is -2.29. The van der Waals surface area contributed by atoms with Gasteiger partial charge in [0, 0.05) is 40.8 Å². The molecule has 0 fully saturated rings. The number of amidine groups is 2. The molecule has 0 N–H and O–H groups in total. The number of fused-ring (bicyclic) bond motifs is 6. The molecule has 6 aliphatic rings. The first-order valence-electron chi connectivity index (χ1n) is 20.5. The molecule has 2 heterocycles. The molecule has 0 radical (unpaired) electrons. The first kappa shape index (κ1) is 33.2. The van der Waals surface area contributed by atoms with Crippen LogP contribution in [0.15, 0.2) is 177 Å². The van der Waals surface area contributed by atoms with E-state index in [2.05, 4.69) is 150 Å². The molecule has 272 valence electrons. The molecule has 1 aromatic heterocycles. The van der Waals surface area contributed by atoms with Gasteiger partial charge in [-0.2, -0.15) is 0 Å². The van der Waals surface area contributed by atoms with Crippen molar-refractivity contribution < 1.29 is 0 Å². The second kappa shape index (κ2) is 13.9. The Morgan fingerprint density at radius 2 is 1.61 bits per heavy atom. The van der Waals surface area contributed by atoms with Gasteiger partial charge >= 0.3 is 0 Å². The molecule has 0 amide bonds. The van der Waals surface area contributed by atoms with Gasteiger partial charge < -0.3 is 4.57 Å². The lowest BCUT2D eigenvalue weighted by atomic mass is 9.80. The third-order valence-electron chi connectivity index (χ3n) is 12.7. The van der Waals surface area contributed by atoms with E-state index in [0.717, 1.165) is 68.6 Å². The third-order valence-corrected chi connectivity index (χ3v) is 12.7. The van der Waals surface area contributed by atoms with Crippen molar-refractivity contribution in [3.8, 4) is 5.69 Å². The molecule has 4 nitrogen and oxygen atoms in total. The molecule has 1 aliphatic heterocycles. The average molecular weight is 725 g/mol. The minimum atomic E-state index is 0.0293. The normalized spacial score (nSPS) is 25.2. The zero-order valence-electron chi connectivity index (χ0n) is 31.6. The van der Waals surface area contributed by atoms with Gasteiger partial charge in [-0.3, -0.25) is 4.99 Å². The molecular weight excluding hydrogens is 681 g/mol. The zero-order chi connectivity index (χ0) is 37.0. The fourth-order valence-corrected chi connectivity index (χ4v) is 9.92. The number of nitrogens with zero attached hydrogens (tertiary/aromatic N) is 4. The molecule has 0 bridgehead atoms. The fourth-order valence-electron chi connectivity index (χ4n) is 9.92. The number of hydrogen-bond acceptors (Lipinski definition) is 3. The molecular formula is C52H44N4. The van der Waals surface area contributed by atoms with E-state index in [9.17, 15) is 0 Å². The maximum atomic E-state index is 5.45. The van der Waals surface area contributed by atoms with Gasteiger partial charge in [0.25, 0.3) is 0 Å². The molecule has 0 saturated heterocycles. The van der Waals surface area contributed by atoms with Crippen LogP contribution in [0.5, 0.6) is 0 Å². The van der Waals surface area contributed by atoms with Crippen LogP contribution >= 0.6 is 0 Å². The predicted octanol–water partition coefficient (Wildman–Crippen LogP) is 12.3. The van der Waals surface area contributed by atoms with Crippen molar-refractivity contribution in [2.75, 3.05) is 0 Å². The summed E-state index contributed by atoms with van der Waals surface area (Å²) < 4.78 is 2.54. The molecule has 0 saturated carbocycles. The Morgan fingerprint density at radius 3 is 2.50 bits per heavy atom. The lowest BCUT2D eigenvalue weighted by molar-refractivity contribution is 0.538. The quantitative estimate of drug-likeness (QED) is 0.173. The largest absolute Gasteiger partial charge is 0.309 e. The van der Waals surface area contributed by atoms with Crippen LogP contribution in [-0.2, 0) is 6.42 Å². The maximum Gasteiger partial charge on any atom is 0.160 e. The Morgan fingerprint density at radius 1 is 0.732 bits per heavy atom. The standard InChI is InChI=1S/C52H44N4/c1-4-14-34(15-5-1)42-21-12-25-49-50(42)44-20-10-11-23-47(44)56(49)48-24-13-22-43-41-29-28-37(30-40(41)31-45(43)48)38-26-27-39-33-53-51(35-16-6-2-7-17-35)55-52(54-46(39)32-38)36-18-8-3-9-19-36/h2-4,6-18,20-25,30,32-33,36,39,46H,1,5,19,26-29,31H2/b53-33+,54-52-,55-51-. The van der Waals surface area contributed by atoms with Gasteiger partial charge in [0.1, 0.15) is 5.84 Å². The van der Waals surface area contributed by atoms with Gasteiger partial charge in [-0.1, -0.05) is 127 Å². The summed E-state index contributed by atoms with van der Waals surface area (Å²) in [5, 5.41) is 2.67. The number of hydrogen-bond donors (Lipinski definition) is 0. The minimum Gasteiger partial charge on any atom is -0.309 e. The molecule has 5 aliphatic carbocycles. The van der Waals surface area contributed by atoms with Gasteiger partial charge in [0.2, 0.25) is 0 Å². The van der Waals surface area contributed by atoms with Crippen LogP contribution in [-0.4, -0.2) is 28.5 Å². The number of aromatic nitrogens is 1. The highest BCUT2D eigenvalue weighted by Crippen LogP contribution is 2.47. The van der Waals surface area contributed by atoms with E-state index in [0.29, 0.717) is 0 Å². The van der Waals surface area contributed by atoms with Gasteiger partial charge in [0.05, 0.1) is 22.8 Å². The molecule has 4 aromatic carbocycles. The van der Waals surface area contributed by atoms with Crippen molar-refractivity contribution in [3.63, 3.8) is 0 Å². The Bertz CT molecular complexity index is 2750. The second-order valence-electron chi connectivity index (χ2n) is 16.0. The zero-order valence-corrected chi connectivity index (χ0v) is 31.6. The SMILES string of the molecule is C1=CCC(C2=N/C3C=C(C4=CC5=C(CC4)c4cccc(-n6c7ccccc7c7c(C8=CCCC=C8)cccc76)c4C5)CCC3/C=N/C(c3ccccc3)=N\2)C=C1. The second-order valence-corrected chi connectivity index (χ2v) is 16.0. The monoisotopic (exact) mass is 724 g/mol. The summed E-state index contributed by atoms with van der Waals surface area (Å²) in [6.45, 7) is 0. The molecule has 11 rings (SSSR count). The summed E-state index contributed by atoms with van der Waals surface area (Å²) in [4.78, 5) is 15.6. The minimum absolute atomic E-state index is 0.0293. The predicted molar refractivity (Wildman–Crippen MR) is 235 cm³/mol. The maximum absolute atomic E-state index is 5.45. The van der Waals surface area contributed by atoms with Crippen LogP contribution in [0.3, 0.4) is 0 Å². The Kier molecular flexibility index (Phi) is 8.23. The van der Waals surface area contributed by atoms with Gasteiger partial charge in [-0.05, 0) is 108 Å². The molecule has 56 heavy (non-hydrogen) atoms. The first-order valence-corrected chi connectivity index (χ1v) is 20.5. The van der Waals surface area contributed by atoms with Crippen LogP contribution in [0.4, 0.5) is 0 Å². The highest BCUT2D eigenvalue weighted by Gasteiger charge is 2.32. The summed E-state index contributed by atoms with van der Waals surface area (Å²) in [6, 6.07) is 33.2. The Balaban J connectivity index is 0.951. The van der Waals surface area contributed by atoms with Crippen LogP contribution < -0.4 is 0 Å². The molecule has 3 unspecified atom stereocenters. The van der Waals surface area contributed by atoms with E-state index in [1.54, 1.807) is 0 Å². The smallest absolute Gasteiger partial charge is 0.160 e. The van der Waals surface area contributed by atoms with Gasteiger partial charge in [-0.25, -0.2) is 9.98 Å². The van der Waals surface area contributed by atoms with E-state index >= 15 is 0 Å². The van der Waals surface area contributed by atoms with Crippen molar-refractivity contribution in [3.05, 3.63) is 185 Å². The fraction of sp³-hybridized carbons (Fsp3) is 0.212. The van der Waals surface area contributed by atoms with Crippen LogP contribution in [0.1, 0.15) is 67.2 Å². The van der Waals surface area contributed by atoms with Crippen molar-refractivity contribution in [2.45, 2.75) is 57.4 Å². The van der Waals surface area contributed by atoms with Crippen molar-refractivity contribution in [2.24, 2.45) is 26.8 Å². The topological polar surface area (TPSA) is 42.0 Å². The van der Waals surface area contributed by atoms with Crippen LogP contribution in [0, 0.1) is 11.8 Å². The summed E-state index contributed by atoms with van der Waals surface area (Å²) >= 11 is 0. The molecule has 4 heteroatoms. The Labute approximate surface area is 328 Å². The summed E-state index contributed by atoms with van der Waals surface area (Å²) in [6.07, 6.45) is 31.2. The molecule has 3 atom stereocenters. The lowest BCUT2D eigenvalue weighted by Crippen LogP contribution is -2.28.